The Morgan fingerprint density at radius 1 is 0.875 bits per heavy atom. The molecule has 0 spiro atoms. The van der Waals surface area contributed by atoms with Crippen molar-refractivity contribution in [2.24, 2.45) is 0 Å². The monoisotopic (exact) mass is 512 g/mol. The number of aromatic nitrogens is 2. The second-order valence-corrected chi connectivity index (χ2v) is 8.61. The second kappa shape index (κ2) is 13.6. The summed E-state index contributed by atoms with van der Waals surface area (Å²) in [5.41, 5.74) is 2.34. The normalized spacial score (nSPS) is 10.4. The Balaban J connectivity index is 1.34. The standard InChI is InChI=1S/C24H29BrN6S/c25-21-8-6-20(7-9-21)19-31(23-5-1-2-12-28-23)18-4-15-30-24(32)29-14-3-13-27-22-10-16-26-17-11-22/h1-2,5-12,16-17H,3-4,13-15,18-19H2,(H,26,27)(H2,29,30,32). The van der Waals surface area contributed by atoms with Crippen molar-refractivity contribution in [1.29, 1.82) is 0 Å². The maximum Gasteiger partial charge on any atom is 0.166 e. The Morgan fingerprint density at radius 3 is 2.34 bits per heavy atom. The van der Waals surface area contributed by atoms with Crippen LogP contribution >= 0.6 is 28.1 Å². The molecule has 6 nitrogen and oxygen atoms in total. The summed E-state index contributed by atoms with van der Waals surface area (Å²) >= 11 is 8.91. The van der Waals surface area contributed by atoms with Crippen molar-refractivity contribution < 1.29 is 0 Å². The minimum atomic E-state index is 0.700. The summed E-state index contributed by atoms with van der Waals surface area (Å²) in [4.78, 5) is 10.8. The van der Waals surface area contributed by atoms with Crippen LogP contribution < -0.4 is 20.9 Å². The van der Waals surface area contributed by atoms with Gasteiger partial charge in [-0.1, -0.05) is 34.1 Å². The number of hydrogen-bond donors (Lipinski definition) is 3. The van der Waals surface area contributed by atoms with Crippen LogP contribution in [0.1, 0.15) is 18.4 Å². The van der Waals surface area contributed by atoms with Crippen molar-refractivity contribution in [2.45, 2.75) is 19.4 Å². The molecule has 3 rings (SSSR count). The van der Waals surface area contributed by atoms with Crippen LogP contribution in [0.2, 0.25) is 0 Å². The summed E-state index contributed by atoms with van der Waals surface area (Å²) in [5, 5.41) is 10.6. The molecule has 8 heteroatoms. The van der Waals surface area contributed by atoms with Crippen LogP contribution in [-0.4, -0.2) is 41.3 Å². The molecular formula is C24H29BrN6S. The quantitative estimate of drug-likeness (QED) is 0.242. The molecule has 2 aromatic heterocycles. The third kappa shape index (κ3) is 8.80. The molecule has 0 amide bonds. The number of thiocarbonyl (C=S) groups is 1. The topological polar surface area (TPSA) is 65.1 Å². The van der Waals surface area contributed by atoms with Crippen molar-refractivity contribution >= 4 is 44.8 Å². The summed E-state index contributed by atoms with van der Waals surface area (Å²) in [6.45, 7) is 4.23. The predicted molar refractivity (Wildman–Crippen MR) is 140 cm³/mol. The average molecular weight is 514 g/mol. The van der Waals surface area contributed by atoms with Crippen molar-refractivity contribution in [3.63, 3.8) is 0 Å². The molecule has 0 bridgehead atoms. The lowest BCUT2D eigenvalue weighted by Gasteiger charge is -2.24. The summed E-state index contributed by atoms with van der Waals surface area (Å²) in [6, 6.07) is 18.4. The van der Waals surface area contributed by atoms with Gasteiger partial charge in [0.25, 0.3) is 0 Å². The maximum atomic E-state index is 5.41. The first-order chi connectivity index (χ1) is 15.7. The Bertz CT molecular complexity index is 924. The molecule has 0 aliphatic carbocycles. The molecule has 0 saturated carbocycles. The molecule has 0 fully saturated rings. The smallest absolute Gasteiger partial charge is 0.166 e. The Morgan fingerprint density at radius 2 is 1.62 bits per heavy atom. The van der Waals surface area contributed by atoms with Crippen LogP contribution in [0, 0.1) is 0 Å². The third-order valence-electron chi connectivity index (χ3n) is 4.80. The zero-order valence-corrected chi connectivity index (χ0v) is 20.4. The molecule has 0 saturated heterocycles. The second-order valence-electron chi connectivity index (χ2n) is 7.29. The molecule has 2 heterocycles. The first-order valence-electron chi connectivity index (χ1n) is 10.8. The van der Waals surface area contributed by atoms with E-state index in [0.29, 0.717) is 5.11 Å². The van der Waals surface area contributed by atoms with Gasteiger partial charge in [-0.3, -0.25) is 4.98 Å². The van der Waals surface area contributed by atoms with E-state index in [1.54, 1.807) is 12.4 Å². The number of nitrogens with one attached hydrogen (secondary N) is 3. The number of rotatable bonds is 12. The molecule has 0 aliphatic rings. The van der Waals surface area contributed by atoms with Gasteiger partial charge in [0, 0.05) is 61.5 Å². The highest BCUT2D eigenvalue weighted by Crippen LogP contribution is 2.16. The molecular weight excluding hydrogens is 484 g/mol. The molecule has 168 valence electrons. The van der Waals surface area contributed by atoms with Gasteiger partial charge in [0.1, 0.15) is 5.82 Å². The van der Waals surface area contributed by atoms with Crippen molar-refractivity contribution in [3.05, 3.63) is 83.2 Å². The van der Waals surface area contributed by atoms with Crippen LogP contribution in [0.3, 0.4) is 0 Å². The van der Waals surface area contributed by atoms with Gasteiger partial charge in [-0.2, -0.15) is 0 Å². The van der Waals surface area contributed by atoms with Gasteiger partial charge in [-0.25, -0.2) is 4.98 Å². The van der Waals surface area contributed by atoms with Crippen molar-refractivity contribution in [2.75, 3.05) is 36.4 Å². The lowest BCUT2D eigenvalue weighted by molar-refractivity contribution is 0.693. The number of hydrogen-bond acceptors (Lipinski definition) is 5. The molecule has 0 aliphatic heterocycles. The van der Waals surface area contributed by atoms with Crippen molar-refractivity contribution in [3.8, 4) is 0 Å². The Hall–Kier alpha value is -2.71. The zero-order valence-electron chi connectivity index (χ0n) is 18.0. The fourth-order valence-corrected chi connectivity index (χ4v) is 3.62. The van der Waals surface area contributed by atoms with Gasteiger partial charge < -0.3 is 20.9 Å². The molecule has 3 N–H and O–H groups in total. The average Bonchev–Trinajstić information content (AvgIpc) is 2.83. The van der Waals surface area contributed by atoms with Gasteiger partial charge in [-0.05, 0) is 67.0 Å². The van der Waals surface area contributed by atoms with Gasteiger partial charge in [0.15, 0.2) is 5.11 Å². The number of pyridine rings is 2. The van der Waals surface area contributed by atoms with Gasteiger partial charge in [0.2, 0.25) is 0 Å². The van der Waals surface area contributed by atoms with Gasteiger partial charge in [-0.15, -0.1) is 0 Å². The lowest BCUT2D eigenvalue weighted by Crippen LogP contribution is -2.38. The molecule has 32 heavy (non-hydrogen) atoms. The SMILES string of the molecule is S=C(NCCCNc1ccncc1)NCCCN(Cc1ccc(Br)cc1)c1ccccn1. The fourth-order valence-electron chi connectivity index (χ4n) is 3.15. The van der Waals surface area contributed by atoms with Gasteiger partial charge >= 0.3 is 0 Å². The van der Waals surface area contributed by atoms with Crippen molar-refractivity contribution in [1.82, 2.24) is 20.6 Å². The van der Waals surface area contributed by atoms with E-state index in [-0.39, 0.29) is 0 Å². The van der Waals surface area contributed by atoms with Crippen LogP contribution in [0.4, 0.5) is 11.5 Å². The minimum Gasteiger partial charge on any atom is -0.385 e. The summed E-state index contributed by atoms with van der Waals surface area (Å²) < 4.78 is 1.09. The van der Waals surface area contributed by atoms with Crippen LogP contribution in [0.15, 0.2) is 77.7 Å². The van der Waals surface area contributed by atoms with E-state index in [0.717, 1.165) is 61.5 Å². The summed E-state index contributed by atoms with van der Waals surface area (Å²) in [7, 11) is 0. The number of anilines is 2. The highest BCUT2D eigenvalue weighted by atomic mass is 79.9. The molecule has 0 unspecified atom stereocenters. The first kappa shape index (κ1) is 23.9. The van der Waals surface area contributed by atoms with Crippen LogP contribution in [0.25, 0.3) is 0 Å². The number of nitrogens with zero attached hydrogens (tertiary/aromatic N) is 3. The molecule has 0 atom stereocenters. The molecule has 3 aromatic rings. The van der Waals surface area contributed by atoms with E-state index in [9.17, 15) is 0 Å². The van der Waals surface area contributed by atoms with E-state index in [4.69, 9.17) is 12.2 Å². The highest BCUT2D eigenvalue weighted by Gasteiger charge is 2.08. The fraction of sp³-hybridized carbons (Fsp3) is 0.292. The minimum absolute atomic E-state index is 0.700. The first-order valence-corrected chi connectivity index (χ1v) is 12.0. The van der Waals surface area contributed by atoms with E-state index < -0.39 is 0 Å². The third-order valence-corrected chi connectivity index (χ3v) is 5.62. The van der Waals surface area contributed by atoms with E-state index in [2.05, 4.69) is 77.1 Å². The lowest BCUT2D eigenvalue weighted by atomic mass is 10.2. The van der Waals surface area contributed by atoms with Crippen LogP contribution in [-0.2, 0) is 6.54 Å². The Kier molecular flexibility index (Phi) is 10.2. The summed E-state index contributed by atoms with van der Waals surface area (Å²) in [5.74, 6) is 0.984. The Labute approximate surface area is 204 Å². The van der Waals surface area contributed by atoms with E-state index in [1.807, 2.05) is 30.5 Å². The summed E-state index contributed by atoms with van der Waals surface area (Å²) in [6.07, 6.45) is 7.34. The molecule has 0 radical (unpaired) electrons. The zero-order chi connectivity index (χ0) is 22.4. The number of halogens is 1. The van der Waals surface area contributed by atoms with E-state index >= 15 is 0 Å². The predicted octanol–water partition coefficient (Wildman–Crippen LogP) is 4.60. The van der Waals surface area contributed by atoms with Crippen LogP contribution in [0.5, 0.6) is 0 Å². The van der Waals surface area contributed by atoms with E-state index in [1.165, 1.54) is 5.56 Å². The maximum absolute atomic E-state index is 5.41. The highest BCUT2D eigenvalue weighted by molar-refractivity contribution is 9.10. The number of benzene rings is 1. The van der Waals surface area contributed by atoms with Gasteiger partial charge in [0.05, 0.1) is 0 Å². The molecule has 1 aromatic carbocycles. The largest absolute Gasteiger partial charge is 0.385 e.